The number of hydrogen-bond acceptors (Lipinski definition) is 2. The van der Waals surface area contributed by atoms with Gasteiger partial charge < -0.3 is 4.57 Å². The molecule has 11 rings (SSSR count). The number of benzene rings is 9. The Morgan fingerprint density at radius 3 is 1.65 bits per heavy atom. The van der Waals surface area contributed by atoms with Crippen LogP contribution in [0, 0.1) is 0 Å². The van der Waals surface area contributed by atoms with Crippen molar-refractivity contribution < 1.29 is 0 Å². The molecule has 0 aliphatic carbocycles. The summed E-state index contributed by atoms with van der Waals surface area (Å²) in [7, 11) is 0. The monoisotopic (exact) mass is 699 g/mol. The molecular weight excluding hydrogens is 667 g/mol. The molecule has 3 heteroatoms. The molecule has 0 saturated heterocycles. The first kappa shape index (κ1) is 31.2. The summed E-state index contributed by atoms with van der Waals surface area (Å²) in [6.07, 6.45) is 0. The second kappa shape index (κ2) is 12.6. The summed E-state index contributed by atoms with van der Waals surface area (Å²) in [5.74, 6) is 0.686. The highest BCUT2D eigenvalue weighted by atomic mass is 15.0. The van der Waals surface area contributed by atoms with Crippen molar-refractivity contribution in [2.24, 2.45) is 0 Å². The molecule has 0 saturated carbocycles. The van der Waals surface area contributed by atoms with Crippen molar-refractivity contribution >= 4 is 54.1 Å². The average Bonchev–Trinajstić information content (AvgIpc) is 3.60. The maximum Gasteiger partial charge on any atom is 0.160 e. The third-order valence-corrected chi connectivity index (χ3v) is 11.0. The lowest BCUT2D eigenvalue weighted by Gasteiger charge is -2.17. The fourth-order valence-corrected chi connectivity index (χ4v) is 8.45. The maximum absolute atomic E-state index is 5.46. The number of fused-ring (bicyclic) bond motifs is 7. The molecule has 0 N–H and O–H groups in total. The second-order valence-corrected chi connectivity index (χ2v) is 14.1. The first-order chi connectivity index (χ1) is 27.3. The molecule has 3 nitrogen and oxygen atoms in total. The third-order valence-electron chi connectivity index (χ3n) is 11.0. The number of para-hydroxylation sites is 3. The first-order valence-electron chi connectivity index (χ1n) is 18.7. The van der Waals surface area contributed by atoms with Crippen molar-refractivity contribution in [1.82, 2.24) is 14.5 Å². The Morgan fingerprint density at radius 2 is 0.891 bits per heavy atom. The van der Waals surface area contributed by atoms with Crippen LogP contribution in [0.5, 0.6) is 0 Å². The highest BCUT2D eigenvalue weighted by Crippen LogP contribution is 2.42. The van der Waals surface area contributed by atoms with Crippen LogP contribution in [0.15, 0.2) is 200 Å². The van der Waals surface area contributed by atoms with Crippen LogP contribution < -0.4 is 0 Å². The summed E-state index contributed by atoms with van der Waals surface area (Å²) < 4.78 is 2.38. The van der Waals surface area contributed by atoms with E-state index in [9.17, 15) is 0 Å². The fourth-order valence-electron chi connectivity index (χ4n) is 8.45. The van der Waals surface area contributed by atoms with Crippen LogP contribution >= 0.6 is 0 Å². The lowest BCUT2D eigenvalue weighted by atomic mass is 9.91. The van der Waals surface area contributed by atoms with Gasteiger partial charge >= 0.3 is 0 Å². The van der Waals surface area contributed by atoms with Gasteiger partial charge in [-0.15, -0.1) is 0 Å². The van der Waals surface area contributed by atoms with Gasteiger partial charge in [-0.05, 0) is 73.8 Å². The molecule has 9 aromatic carbocycles. The third kappa shape index (κ3) is 5.13. The van der Waals surface area contributed by atoms with Crippen LogP contribution in [0.1, 0.15) is 0 Å². The fraction of sp³-hybridized carbons (Fsp3) is 0. The number of hydrogen-bond donors (Lipinski definition) is 0. The van der Waals surface area contributed by atoms with Crippen LogP contribution in [-0.2, 0) is 0 Å². The lowest BCUT2D eigenvalue weighted by Crippen LogP contribution is -2.01. The Kier molecular flexibility index (Phi) is 7.17. The lowest BCUT2D eigenvalue weighted by molar-refractivity contribution is 1.15. The molecule has 0 radical (unpaired) electrons. The smallest absolute Gasteiger partial charge is 0.160 e. The molecule has 0 atom stereocenters. The van der Waals surface area contributed by atoms with Gasteiger partial charge in [0.25, 0.3) is 0 Å². The maximum atomic E-state index is 5.46. The molecule has 0 spiro atoms. The minimum atomic E-state index is 0.686. The number of rotatable bonds is 5. The summed E-state index contributed by atoms with van der Waals surface area (Å²) in [6, 6.07) is 71.5. The summed E-state index contributed by atoms with van der Waals surface area (Å²) in [5, 5.41) is 9.63. The number of nitrogens with zero attached hydrogens (tertiary/aromatic N) is 3. The van der Waals surface area contributed by atoms with Gasteiger partial charge in [0.15, 0.2) is 5.82 Å². The van der Waals surface area contributed by atoms with Crippen molar-refractivity contribution in [3.63, 3.8) is 0 Å². The Hall–Kier alpha value is -7.36. The van der Waals surface area contributed by atoms with Crippen molar-refractivity contribution in [1.29, 1.82) is 0 Å². The minimum absolute atomic E-state index is 0.686. The van der Waals surface area contributed by atoms with Crippen LogP contribution in [0.4, 0.5) is 0 Å². The van der Waals surface area contributed by atoms with Gasteiger partial charge in [-0.25, -0.2) is 9.97 Å². The number of aromatic nitrogens is 3. The molecule has 0 aliphatic heterocycles. The van der Waals surface area contributed by atoms with Crippen LogP contribution in [0.2, 0.25) is 0 Å². The van der Waals surface area contributed by atoms with Crippen molar-refractivity contribution in [2.45, 2.75) is 0 Å². The van der Waals surface area contributed by atoms with Crippen molar-refractivity contribution in [3.8, 4) is 50.7 Å². The van der Waals surface area contributed by atoms with E-state index in [1.165, 1.54) is 43.3 Å². The van der Waals surface area contributed by atoms with Gasteiger partial charge in [-0.3, -0.25) is 0 Å². The predicted octanol–water partition coefficient (Wildman–Crippen LogP) is 13.7. The Morgan fingerprint density at radius 1 is 0.327 bits per heavy atom. The molecule has 0 bridgehead atoms. The van der Waals surface area contributed by atoms with Gasteiger partial charge in [-0.1, -0.05) is 170 Å². The van der Waals surface area contributed by atoms with E-state index in [-0.39, 0.29) is 0 Å². The molecule has 0 aliphatic rings. The first-order valence-corrected chi connectivity index (χ1v) is 18.7. The van der Waals surface area contributed by atoms with E-state index < -0.39 is 0 Å². The highest BCUT2D eigenvalue weighted by molar-refractivity contribution is 6.20. The standard InChI is InChI=1S/C52H33N3/c1-2-14-34(15-3-1)35-26-28-37(29-27-35)52-53-46(44-22-10-13-25-50(44)55-48-23-11-8-20-41(48)42-21-9-12-24-49(42)55)33-47(54-52)51-40-19-7-5-17-38(40)32-45-39-18-6-4-16-36(39)30-31-43(45)51/h1-33H. The second-order valence-electron chi connectivity index (χ2n) is 14.1. The van der Waals surface area contributed by atoms with E-state index in [0.717, 1.165) is 55.7 Å². The Labute approximate surface area is 318 Å². The minimum Gasteiger partial charge on any atom is -0.309 e. The van der Waals surface area contributed by atoms with Crippen LogP contribution in [0.25, 0.3) is 105 Å². The van der Waals surface area contributed by atoms with E-state index in [1.807, 2.05) is 0 Å². The highest BCUT2D eigenvalue weighted by Gasteiger charge is 2.20. The van der Waals surface area contributed by atoms with Crippen LogP contribution in [-0.4, -0.2) is 14.5 Å². The Bertz CT molecular complexity index is 3200. The average molecular weight is 700 g/mol. The van der Waals surface area contributed by atoms with Gasteiger partial charge in [0.05, 0.1) is 28.1 Å². The van der Waals surface area contributed by atoms with E-state index in [2.05, 4.69) is 205 Å². The predicted molar refractivity (Wildman–Crippen MR) is 231 cm³/mol. The van der Waals surface area contributed by atoms with E-state index in [0.29, 0.717) is 5.82 Å². The van der Waals surface area contributed by atoms with E-state index >= 15 is 0 Å². The zero-order valence-electron chi connectivity index (χ0n) is 29.9. The topological polar surface area (TPSA) is 30.7 Å². The SMILES string of the molecule is c1ccc(-c2ccc(-c3nc(-c4ccccc4-n4c5ccccc5c5ccccc54)cc(-c4c5ccccc5cc5c4ccc4ccccc45)n3)cc2)cc1. The van der Waals surface area contributed by atoms with Gasteiger partial charge in [0, 0.05) is 27.5 Å². The molecule has 2 heterocycles. The van der Waals surface area contributed by atoms with Crippen LogP contribution in [0.3, 0.4) is 0 Å². The van der Waals surface area contributed by atoms with Crippen molar-refractivity contribution in [2.75, 3.05) is 0 Å². The molecule has 256 valence electrons. The van der Waals surface area contributed by atoms with E-state index in [4.69, 9.17) is 9.97 Å². The van der Waals surface area contributed by atoms with Gasteiger partial charge in [-0.2, -0.15) is 0 Å². The molecule has 55 heavy (non-hydrogen) atoms. The zero-order valence-corrected chi connectivity index (χ0v) is 29.9. The molecular formula is C52H33N3. The molecule has 0 amide bonds. The van der Waals surface area contributed by atoms with E-state index in [1.54, 1.807) is 0 Å². The molecule has 11 aromatic rings. The molecule has 2 aromatic heterocycles. The largest absolute Gasteiger partial charge is 0.309 e. The summed E-state index contributed by atoms with van der Waals surface area (Å²) >= 11 is 0. The quantitative estimate of drug-likeness (QED) is 0.132. The molecule has 0 unspecified atom stereocenters. The normalized spacial score (nSPS) is 11.6. The summed E-state index contributed by atoms with van der Waals surface area (Å²) in [5.41, 5.74) is 10.6. The summed E-state index contributed by atoms with van der Waals surface area (Å²) in [4.78, 5) is 10.9. The molecule has 0 fully saturated rings. The van der Waals surface area contributed by atoms with Crippen molar-refractivity contribution in [3.05, 3.63) is 200 Å². The van der Waals surface area contributed by atoms with Gasteiger partial charge in [0.2, 0.25) is 0 Å². The Balaban J connectivity index is 1.21. The zero-order chi connectivity index (χ0) is 36.3. The van der Waals surface area contributed by atoms with Gasteiger partial charge in [0.1, 0.15) is 0 Å². The summed E-state index contributed by atoms with van der Waals surface area (Å²) in [6.45, 7) is 0.